The lowest BCUT2D eigenvalue weighted by molar-refractivity contribution is -0.142. The van der Waals surface area contributed by atoms with E-state index < -0.39 is 41.5 Å². The monoisotopic (exact) mass is 633 g/mol. The average Bonchev–Trinajstić information content (AvgIpc) is 3.10. The number of rotatable bonds is 5. The summed E-state index contributed by atoms with van der Waals surface area (Å²) in [4.78, 5) is 65.2. The minimum atomic E-state index is -1.12. The van der Waals surface area contributed by atoms with Gasteiger partial charge in [0.2, 0.25) is 11.8 Å². The van der Waals surface area contributed by atoms with Gasteiger partial charge in [0.15, 0.2) is 23.1 Å². The van der Waals surface area contributed by atoms with Crippen LogP contribution in [0.2, 0.25) is 0 Å². The van der Waals surface area contributed by atoms with Crippen molar-refractivity contribution < 1.29 is 38.9 Å². The number of carboxylic acid groups (broad SMARTS) is 1. The highest BCUT2D eigenvalue weighted by atomic mass is 79.9. The third-order valence-electron chi connectivity index (χ3n) is 7.57. The number of imide groups is 1. The number of allylic oxidation sites excluding steroid dienone is 6. The van der Waals surface area contributed by atoms with E-state index in [0.717, 1.165) is 4.90 Å². The fraction of sp³-hybridized carbons (Fsp3) is 0.346. The lowest BCUT2D eigenvalue weighted by Crippen LogP contribution is -2.39. The molecule has 1 saturated heterocycles. The molecule has 1 aliphatic heterocycles. The Morgan fingerprint density at radius 2 is 1.86 bits per heavy atom. The molecule has 192 valence electrons. The van der Waals surface area contributed by atoms with Crippen LogP contribution in [0.3, 0.4) is 0 Å². The molecule has 4 unspecified atom stereocenters. The second kappa shape index (κ2) is 9.36. The summed E-state index contributed by atoms with van der Waals surface area (Å²) in [5.74, 6) is -5.75. The number of phenols is 1. The van der Waals surface area contributed by atoms with Crippen LogP contribution in [-0.2, 0) is 24.0 Å². The van der Waals surface area contributed by atoms with Crippen molar-refractivity contribution in [1.82, 2.24) is 4.90 Å². The van der Waals surface area contributed by atoms with Crippen molar-refractivity contribution in [3.8, 4) is 11.5 Å². The Hall–Kier alpha value is -3.05. The molecule has 37 heavy (non-hydrogen) atoms. The van der Waals surface area contributed by atoms with E-state index in [1.807, 2.05) is 6.08 Å². The maximum atomic E-state index is 13.5. The molecule has 2 amide bonds. The summed E-state index contributed by atoms with van der Waals surface area (Å²) < 4.78 is 5.99. The minimum Gasteiger partial charge on any atom is -0.504 e. The normalized spacial score (nSPS) is 26.9. The van der Waals surface area contributed by atoms with E-state index in [0.29, 0.717) is 15.6 Å². The quantitative estimate of drug-likeness (QED) is 0.286. The summed E-state index contributed by atoms with van der Waals surface area (Å²) in [6.07, 6.45) is 2.96. The summed E-state index contributed by atoms with van der Waals surface area (Å²) in [5, 5.41) is 20.2. The number of aromatic hydroxyl groups is 1. The number of carboxylic acids is 1. The van der Waals surface area contributed by atoms with Crippen LogP contribution < -0.4 is 4.74 Å². The van der Waals surface area contributed by atoms with E-state index >= 15 is 0 Å². The van der Waals surface area contributed by atoms with Crippen LogP contribution >= 0.6 is 31.9 Å². The zero-order valence-corrected chi connectivity index (χ0v) is 22.7. The van der Waals surface area contributed by atoms with Crippen molar-refractivity contribution >= 4 is 61.2 Å². The Balaban J connectivity index is 1.67. The molecule has 0 spiro atoms. The first-order valence-electron chi connectivity index (χ1n) is 11.6. The number of hydrogen-bond donors (Lipinski definition) is 2. The molecule has 1 fully saturated rings. The molecular weight excluding hydrogens is 614 g/mol. The third kappa shape index (κ3) is 3.99. The standard InChI is InChI=1S/C26H21Br2NO8/c1-37-18-7-10(27)6-14(24(18)34)20-11-2-3-12-21(26(36)29(25(12)35)5-4-19(31)32)13(11)8-15-22(20)17(30)9-16(28)23(15)33/h2,6-7,9,12-13,20-21,34H,3-5,8H2,1H3,(H,31,32). The lowest BCUT2D eigenvalue weighted by Gasteiger charge is -2.42. The zero-order chi connectivity index (χ0) is 26.8. The molecule has 1 aromatic carbocycles. The second-order valence-corrected chi connectivity index (χ2v) is 11.2. The molecule has 3 aliphatic carbocycles. The second-order valence-electron chi connectivity index (χ2n) is 9.41. The molecule has 0 saturated carbocycles. The van der Waals surface area contributed by atoms with Crippen LogP contribution in [-0.4, -0.2) is 58.1 Å². The fourth-order valence-electron chi connectivity index (χ4n) is 6.03. The van der Waals surface area contributed by atoms with E-state index in [9.17, 15) is 29.1 Å². The number of Topliss-reactive ketones (excluding diaryl/α,β-unsaturated/α-hetero) is 1. The summed E-state index contributed by atoms with van der Waals surface area (Å²) in [5.41, 5.74) is 1.46. The van der Waals surface area contributed by atoms with Gasteiger partial charge >= 0.3 is 5.97 Å². The number of aliphatic carboxylic acids is 1. The number of likely N-dealkylation sites (tertiary alicyclic amines) is 1. The first-order chi connectivity index (χ1) is 17.5. The summed E-state index contributed by atoms with van der Waals surface area (Å²) in [6.45, 7) is -0.227. The molecule has 9 nitrogen and oxygen atoms in total. The van der Waals surface area contributed by atoms with E-state index in [4.69, 9.17) is 9.84 Å². The highest BCUT2D eigenvalue weighted by molar-refractivity contribution is 9.12. The number of carbonyl (C=O) groups is 5. The zero-order valence-electron chi connectivity index (χ0n) is 19.5. The number of methoxy groups -OCH3 is 1. The largest absolute Gasteiger partial charge is 0.504 e. The van der Waals surface area contributed by atoms with E-state index in [1.54, 1.807) is 12.1 Å². The van der Waals surface area contributed by atoms with Gasteiger partial charge in [0.25, 0.3) is 0 Å². The third-order valence-corrected chi connectivity index (χ3v) is 8.62. The van der Waals surface area contributed by atoms with Crippen LogP contribution in [0, 0.1) is 17.8 Å². The molecule has 11 heteroatoms. The molecule has 4 aliphatic rings. The van der Waals surface area contributed by atoms with Crippen LogP contribution in [0.1, 0.15) is 30.7 Å². The number of nitrogens with zero attached hydrogens (tertiary/aromatic N) is 1. The lowest BCUT2D eigenvalue weighted by atomic mass is 9.59. The number of halogens is 2. The Kier molecular flexibility index (Phi) is 6.47. The van der Waals surface area contributed by atoms with E-state index in [2.05, 4.69) is 31.9 Å². The summed E-state index contributed by atoms with van der Waals surface area (Å²) >= 11 is 6.59. The van der Waals surface area contributed by atoms with Crippen molar-refractivity contribution in [1.29, 1.82) is 0 Å². The molecule has 0 bridgehead atoms. The maximum absolute atomic E-state index is 13.5. The van der Waals surface area contributed by atoms with E-state index in [-0.39, 0.29) is 64.5 Å². The van der Waals surface area contributed by atoms with Gasteiger partial charge in [-0.25, -0.2) is 0 Å². The van der Waals surface area contributed by atoms with Gasteiger partial charge in [0.1, 0.15) is 0 Å². The van der Waals surface area contributed by atoms with Crippen molar-refractivity contribution in [2.75, 3.05) is 13.7 Å². The SMILES string of the molecule is COc1cc(Br)cc(C2C3=CCC4C(=O)N(CCC(=O)O)C(=O)C4C3CC3=C2C(=O)C=C(Br)C3=O)c1O. The van der Waals surface area contributed by atoms with Crippen molar-refractivity contribution in [3.05, 3.63) is 55.5 Å². The Morgan fingerprint density at radius 3 is 2.54 bits per heavy atom. The number of carbonyl (C=O) groups excluding carboxylic acids is 4. The number of ketones is 2. The predicted molar refractivity (Wildman–Crippen MR) is 136 cm³/mol. The number of fused-ring (bicyclic) bond motifs is 3. The van der Waals surface area contributed by atoms with Crippen molar-refractivity contribution in [2.24, 2.45) is 17.8 Å². The van der Waals surface area contributed by atoms with Gasteiger partial charge in [-0.3, -0.25) is 28.9 Å². The Bertz CT molecular complexity index is 1390. The smallest absolute Gasteiger partial charge is 0.305 e. The molecule has 2 N–H and O–H groups in total. The van der Waals surface area contributed by atoms with Gasteiger partial charge in [0, 0.05) is 39.7 Å². The number of amides is 2. The highest BCUT2D eigenvalue weighted by Crippen LogP contribution is 2.57. The Morgan fingerprint density at radius 1 is 1.14 bits per heavy atom. The predicted octanol–water partition coefficient (Wildman–Crippen LogP) is 3.40. The molecule has 1 aromatic rings. The van der Waals surface area contributed by atoms with Gasteiger partial charge < -0.3 is 14.9 Å². The number of hydrogen-bond acceptors (Lipinski definition) is 7. The van der Waals surface area contributed by atoms with Crippen LogP contribution in [0.5, 0.6) is 11.5 Å². The average molecular weight is 635 g/mol. The maximum Gasteiger partial charge on any atom is 0.305 e. The van der Waals surface area contributed by atoms with Crippen LogP contribution in [0.25, 0.3) is 0 Å². The Labute approximate surface area is 228 Å². The molecule has 1 heterocycles. The highest BCUT2D eigenvalue weighted by Gasteiger charge is 2.56. The van der Waals surface area contributed by atoms with Gasteiger partial charge in [-0.15, -0.1) is 0 Å². The molecular formula is C26H21Br2NO8. The number of phenolic OH excluding ortho intramolecular Hbond substituents is 1. The van der Waals surface area contributed by atoms with Crippen molar-refractivity contribution in [3.63, 3.8) is 0 Å². The van der Waals surface area contributed by atoms with Gasteiger partial charge in [-0.2, -0.15) is 0 Å². The molecule has 5 rings (SSSR count). The molecule has 0 radical (unpaired) electrons. The topological polar surface area (TPSA) is 138 Å². The number of ether oxygens (including phenoxy) is 1. The van der Waals surface area contributed by atoms with Gasteiger partial charge in [0.05, 0.1) is 29.8 Å². The van der Waals surface area contributed by atoms with Crippen LogP contribution in [0.15, 0.2) is 50.0 Å². The number of benzene rings is 1. The first-order valence-corrected chi connectivity index (χ1v) is 13.2. The van der Waals surface area contributed by atoms with Crippen molar-refractivity contribution in [2.45, 2.75) is 25.2 Å². The summed E-state index contributed by atoms with van der Waals surface area (Å²) in [6, 6.07) is 3.22. The summed E-state index contributed by atoms with van der Waals surface area (Å²) in [7, 11) is 1.40. The fourth-order valence-corrected chi connectivity index (χ4v) is 6.93. The minimum absolute atomic E-state index is 0.0734. The molecule has 0 aromatic heterocycles. The first kappa shape index (κ1) is 25.6. The van der Waals surface area contributed by atoms with E-state index in [1.165, 1.54) is 13.2 Å². The van der Waals surface area contributed by atoms with Gasteiger partial charge in [-0.05, 0) is 46.8 Å². The van der Waals surface area contributed by atoms with Gasteiger partial charge in [-0.1, -0.05) is 27.6 Å². The van der Waals surface area contributed by atoms with Crippen LogP contribution in [0.4, 0.5) is 0 Å². The molecule has 4 atom stereocenters.